The van der Waals surface area contributed by atoms with Crippen LogP contribution in [0.5, 0.6) is 0 Å². The van der Waals surface area contributed by atoms with Gasteiger partial charge in [-0.05, 0) is 79.6 Å². The fourth-order valence-electron chi connectivity index (χ4n) is 5.56. The third-order valence-corrected chi connectivity index (χ3v) is 8.50. The zero-order chi connectivity index (χ0) is 23.3. The number of hydrogen-bond donors (Lipinski definition) is 1. The number of nitrogens with one attached hydrogen (secondary N) is 1. The van der Waals surface area contributed by atoms with E-state index in [1.807, 2.05) is 26.0 Å². The molecule has 4 rings (SSSR count). The lowest BCUT2D eigenvalue weighted by Crippen LogP contribution is -2.43. The first-order valence-corrected chi connectivity index (χ1v) is 11.7. The number of nitrogens with zero attached hydrogens (tertiary/aromatic N) is 1. The van der Waals surface area contributed by atoms with Crippen molar-refractivity contribution in [2.24, 2.45) is 21.4 Å². The molecule has 2 saturated carbocycles. The molecule has 2 unspecified atom stereocenters. The average molecular weight is 497 g/mol. The second-order valence-corrected chi connectivity index (χ2v) is 10.9. The Kier molecular flexibility index (Phi) is 5.56. The molecule has 2 aliphatic rings. The summed E-state index contributed by atoms with van der Waals surface area (Å²) in [4.78, 5) is 31.5. The quantitative estimate of drug-likeness (QED) is 0.391. The number of aryl methyl sites for hydroxylation is 2. The van der Waals surface area contributed by atoms with E-state index in [-0.39, 0.29) is 16.7 Å². The van der Waals surface area contributed by atoms with Gasteiger partial charge in [0, 0.05) is 22.0 Å². The lowest BCUT2D eigenvalue weighted by molar-refractivity contribution is -0.130. The van der Waals surface area contributed by atoms with E-state index in [4.69, 9.17) is 4.84 Å². The Hall–Kier alpha value is -2.47. The number of amides is 1. The van der Waals surface area contributed by atoms with Gasteiger partial charge < -0.3 is 10.2 Å². The maximum Gasteiger partial charge on any atom is 0.365 e. The molecule has 168 valence electrons. The highest BCUT2D eigenvalue weighted by molar-refractivity contribution is 9.10. The number of halogens is 1. The Balaban J connectivity index is 1.59. The standard InChI is InChI=1S/C26H29BrN2O3/c1-16-12-17(2)14-20(13-16)28-23(31)26-11-10-25(5,24(26,3)4)21(15-26)29-32-22(30)18-6-8-19(27)9-7-18/h6-9,12-14H,10-11,15H2,1-5H3,(H,28,31). The van der Waals surface area contributed by atoms with Gasteiger partial charge in [0.15, 0.2) is 0 Å². The van der Waals surface area contributed by atoms with E-state index in [2.05, 4.69) is 53.2 Å². The normalized spacial score (nSPS) is 26.9. The summed E-state index contributed by atoms with van der Waals surface area (Å²) in [5, 5.41) is 7.48. The third kappa shape index (κ3) is 3.49. The molecule has 2 bridgehead atoms. The van der Waals surface area contributed by atoms with Gasteiger partial charge in [-0.15, -0.1) is 0 Å². The number of oxime groups is 1. The first-order valence-electron chi connectivity index (χ1n) is 10.9. The maximum absolute atomic E-state index is 13.6. The average Bonchev–Trinajstić information content (AvgIpc) is 3.02. The number of carbonyl (C=O) groups excluding carboxylic acids is 2. The van der Waals surface area contributed by atoms with Crippen molar-refractivity contribution < 1.29 is 14.4 Å². The van der Waals surface area contributed by atoms with Crippen LogP contribution < -0.4 is 5.32 Å². The van der Waals surface area contributed by atoms with Crippen LogP contribution in [-0.4, -0.2) is 17.6 Å². The number of anilines is 1. The largest absolute Gasteiger partial charge is 0.365 e. The highest BCUT2D eigenvalue weighted by atomic mass is 79.9. The van der Waals surface area contributed by atoms with Crippen LogP contribution in [0.25, 0.3) is 0 Å². The molecule has 2 aliphatic carbocycles. The lowest BCUT2D eigenvalue weighted by atomic mass is 9.64. The number of fused-ring (bicyclic) bond motifs is 2. The molecule has 2 aromatic carbocycles. The van der Waals surface area contributed by atoms with Crippen molar-refractivity contribution in [3.8, 4) is 0 Å². The van der Waals surface area contributed by atoms with Gasteiger partial charge in [-0.1, -0.05) is 47.9 Å². The Morgan fingerprint density at radius 1 is 1.00 bits per heavy atom. The summed E-state index contributed by atoms with van der Waals surface area (Å²) >= 11 is 3.36. The summed E-state index contributed by atoms with van der Waals surface area (Å²) < 4.78 is 0.888. The van der Waals surface area contributed by atoms with Crippen LogP contribution in [0, 0.1) is 30.1 Å². The fourth-order valence-corrected chi connectivity index (χ4v) is 5.82. The van der Waals surface area contributed by atoms with Crippen molar-refractivity contribution in [3.05, 3.63) is 63.6 Å². The summed E-state index contributed by atoms with van der Waals surface area (Å²) in [6, 6.07) is 13.0. The number of hydrogen-bond acceptors (Lipinski definition) is 4. The summed E-state index contributed by atoms with van der Waals surface area (Å²) in [6.45, 7) is 10.5. The Morgan fingerprint density at radius 3 is 2.25 bits per heavy atom. The number of rotatable bonds is 4. The predicted octanol–water partition coefficient (Wildman–Crippen LogP) is 6.43. The van der Waals surface area contributed by atoms with Crippen molar-refractivity contribution in [1.82, 2.24) is 0 Å². The molecule has 5 nitrogen and oxygen atoms in total. The van der Waals surface area contributed by atoms with E-state index in [0.717, 1.165) is 39.8 Å². The highest BCUT2D eigenvalue weighted by Crippen LogP contribution is 2.71. The molecule has 6 heteroatoms. The van der Waals surface area contributed by atoms with Gasteiger partial charge in [0.2, 0.25) is 5.91 Å². The Labute approximate surface area is 197 Å². The van der Waals surface area contributed by atoms with Crippen molar-refractivity contribution in [1.29, 1.82) is 0 Å². The minimum absolute atomic E-state index is 0.0145. The van der Waals surface area contributed by atoms with Crippen molar-refractivity contribution in [2.75, 3.05) is 5.32 Å². The predicted molar refractivity (Wildman–Crippen MR) is 130 cm³/mol. The van der Waals surface area contributed by atoms with Crippen LogP contribution >= 0.6 is 15.9 Å². The molecular weight excluding hydrogens is 468 g/mol. The molecule has 1 N–H and O–H groups in total. The van der Waals surface area contributed by atoms with Gasteiger partial charge in [0.1, 0.15) is 0 Å². The van der Waals surface area contributed by atoms with Crippen LogP contribution in [0.3, 0.4) is 0 Å². The summed E-state index contributed by atoms with van der Waals surface area (Å²) in [7, 11) is 0. The van der Waals surface area contributed by atoms with E-state index < -0.39 is 11.4 Å². The van der Waals surface area contributed by atoms with Gasteiger partial charge in [0.05, 0.1) is 16.7 Å². The smallest absolute Gasteiger partial charge is 0.326 e. The topological polar surface area (TPSA) is 67.8 Å². The molecule has 0 aliphatic heterocycles. The highest BCUT2D eigenvalue weighted by Gasteiger charge is 2.71. The van der Waals surface area contributed by atoms with E-state index in [9.17, 15) is 9.59 Å². The van der Waals surface area contributed by atoms with Gasteiger partial charge in [0.25, 0.3) is 0 Å². The van der Waals surface area contributed by atoms with Crippen molar-refractivity contribution in [3.63, 3.8) is 0 Å². The lowest BCUT2D eigenvalue weighted by Gasteiger charge is -2.39. The second-order valence-electron chi connectivity index (χ2n) is 9.97. The summed E-state index contributed by atoms with van der Waals surface area (Å²) in [5.41, 5.74) is 3.03. The first-order chi connectivity index (χ1) is 15.0. The first kappa shape index (κ1) is 22.7. The fraction of sp³-hybridized carbons (Fsp3) is 0.423. The zero-order valence-corrected chi connectivity index (χ0v) is 20.8. The zero-order valence-electron chi connectivity index (χ0n) is 19.2. The van der Waals surface area contributed by atoms with Gasteiger partial charge in [-0.2, -0.15) is 0 Å². The molecule has 2 atom stereocenters. The van der Waals surface area contributed by atoms with Gasteiger partial charge in [-0.25, -0.2) is 4.79 Å². The number of carbonyl (C=O) groups is 2. The molecule has 0 radical (unpaired) electrons. The molecule has 32 heavy (non-hydrogen) atoms. The molecule has 0 saturated heterocycles. The van der Waals surface area contributed by atoms with Crippen molar-refractivity contribution in [2.45, 2.75) is 53.9 Å². The SMILES string of the molecule is Cc1cc(C)cc(NC(=O)C23CCC(C)(C(=NOC(=O)c4ccc(Br)cc4)C2)C3(C)C)c1. The van der Waals surface area contributed by atoms with Crippen LogP contribution in [-0.2, 0) is 9.63 Å². The summed E-state index contributed by atoms with van der Waals surface area (Å²) in [6.07, 6.45) is 2.10. The minimum Gasteiger partial charge on any atom is -0.326 e. The Bertz CT molecular complexity index is 1100. The van der Waals surface area contributed by atoms with Crippen LogP contribution in [0.1, 0.15) is 61.5 Å². The molecule has 0 aromatic heterocycles. The monoisotopic (exact) mass is 496 g/mol. The molecule has 0 spiro atoms. The van der Waals surface area contributed by atoms with E-state index in [1.165, 1.54) is 0 Å². The maximum atomic E-state index is 13.6. The van der Waals surface area contributed by atoms with E-state index in [1.54, 1.807) is 24.3 Å². The van der Waals surface area contributed by atoms with Gasteiger partial charge >= 0.3 is 5.97 Å². The molecule has 2 aromatic rings. The van der Waals surface area contributed by atoms with E-state index >= 15 is 0 Å². The second kappa shape index (κ2) is 7.84. The Morgan fingerprint density at radius 2 is 1.62 bits per heavy atom. The molecule has 2 fully saturated rings. The van der Waals surface area contributed by atoms with E-state index in [0.29, 0.717) is 12.0 Å². The molecule has 0 heterocycles. The number of benzene rings is 2. The molecular formula is C26H29BrN2O3. The van der Waals surface area contributed by atoms with Crippen LogP contribution in [0.2, 0.25) is 0 Å². The minimum atomic E-state index is -0.595. The summed E-state index contributed by atoms with van der Waals surface area (Å²) in [5.74, 6) is -0.483. The van der Waals surface area contributed by atoms with Crippen LogP contribution in [0.15, 0.2) is 52.1 Å². The van der Waals surface area contributed by atoms with Gasteiger partial charge in [-0.3, -0.25) is 4.79 Å². The molecule has 1 amide bonds. The van der Waals surface area contributed by atoms with Crippen LogP contribution in [0.4, 0.5) is 5.69 Å². The third-order valence-electron chi connectivity index (χ3n) is 7.97. The van der Waals surface area contributed by atoms with Crippen molar-refractivity contribution >= 4 is 39.2 Å².